The highest BCUT2D eigenvalue weighted by Gasteiger charge is 2.13. The molecule has 2 aromatic rings. The third kappa shape index (κ3) is 6.16. The van der Waals surface area contributed by atoms with E-state index in [9.17, 15) is 4.79 Å². The number of hydrogen-bond donors (Lipinski definition) is 2. The Hall–Kier alpha value is -1.55. The molecule has 0 aliphatic heterocycles. The van der Waals surface area contributed by atoms with Crippen LogP contribution in [-0.4, -0.2) is 26.0 Å². The maximum Gasteiger partial charge on any atom is 0.275 e. The highest BCUT2D eigenvalue weighted by Crippen LogP contribution is 2.24. The zero-order valence-electron chi connectivity index (χ0n) is 13.8. The second-order valence-electron chi connectivity index (χ2n) is 5.96. The average molecular weight is 366 g/mol. The minimum atomic E-state index is 0.0544. The van der Waals surface area contributed by atoms with E-state index in [1.54, 1.807) is 6.07 Å². The summed E-state index contributed by atoms with van der Waals surface area (Å²) in [5.41, 5.74) is 2.25. The fourth-order valence-electron chi connectivity index (χ4n) is 2.57. The summed E-state index contributed by atoms with van der Waals surface area (Å²) in [5.74, 6) is 0.0544. The molecule has 0 spiro atoms. The molecule has 0 radical (unpaired) electrons. The fraction of sp³-hybridized carbons (Fsp3) is 0.316. The van der Waals surface area contributed by atoms with Crippen molar-refractivity contribution in [3.8, 4) is 0 Å². The van der Waals surface area contributed by atoms with Gasteiger partial charge in [0.2, 0.25) is 0 Å². The monoisotopic (exact) mass is 365 g/mol. The van der Waals surface area contributed by atoms with Crippen molar-refractivity contribution in [2.75, 3.05) is 20.1 Å². The molecule has 128 valence electrons. The van der Waals surface area contributed by atoms with Gasteiger partial charge in [-0.15, -0.1) is 0 Å². The third-order valence-electron chi connectivity index (χ3n) is 3.79. The van der Waals surface area contributed by atoms with Crippen LogP contribution < -0.4 is 10.2 Å². The second kappa shape index (κ2) is 9.67. The van der Waals surface area contributed by atoms with E-state index in [4.69, 9.17) is 23.2 Å². The Kier molecular flexibility index (Phi) is 7.57. The number of halogens is 2. The third-order valence-corrected chi connectivity index (χ3v) is 4.65. The van der Waals surface area contributed by atoms with Gasteiger partial charge in [-0.1, -0.05) is 65.7 Å². The topological polar surface area (TPSA) is 33.5 Å². The summed E-state index contributed by atoms with van der Waals surface area (Å²) in [6, 6.07) is 15.9. The number of likely N-dealkylation sites (N-methyl/N-ethyl adjacent to an activating group) is 1. The highest BCUT2D eigenvalue weighted by molar-refractivity contribution is 6.42. The number of quaternary nitrogens is 1. The van der Waals surface area contributed by atoms with Crippen molar-refractivity contribution in [2.24, 2.45) is 0 Å². The number of nitrogens with one attached hydrogen (secondary N) is 2. The predicted molar refractivity (Wildman–Crippen MR) is 99.7 cm³/mol. The second-order valence-corrected chi connectivity index (χ2v) is 6.75. The van der Waals surface area contributed by atoms with Crippen molar-refractivity contribution in [3.63, 3.8) is 0 Å². The summed E-state index contributed by atoms with van der Waals surface area (Å²) in [7, 11) is 1.97. The number of aryl methyl sites for hydroxylation is 1. The molecule has 1 atom stereocenters. The molecular formula is C19H23Cl2N2O+. The first-order chi connectivity index (χ1) is 11.6. The molecule has 3 nitrogen and oxygen atoms in total. The lowest BCUT2D eigenvalue weighted by Gasteiger charge is -2.15. The Morgan fingerprint density at radius 3 is 2.58 bits per heavy atom. The van der Waals surface area contributed by atoms with Crippen molar-refractivity contribution in [2.45, 2.75) is 19.4 Å². The number of amides is 1. The van der Waals surface area contributed by atoms with Gasteiger partial charge in [-0.2, -0.15) is 0 Å². The molecular weight excluding hydrogens is 343 g/mol. The first kappa shape index (κ1) is 18.8. The van der Waals surface area contributed by atoms with Crippen LogP contribution in [0.2, 0.25) is 10.0 Å². The van der Waals surface area contributed by atoms with E-state index in [2.05, 4.69) is 17.4 Å². The zero-order chi connectivity index (χ0) is 17.4. The Bertz CT molecular complexity index is 662. The van der Waals surface area contributed by atoms with Crippen molar-refractivity contribution >= 4 is 29.1 Å². The summed E-state index contributed by atoms with van der Waals surface area (Å²) >= 11 is 12.2. The van der Waals surface area contributed by atoms with Crippen LogP contribution in [0.15, 0.2) is 48.5 Å². The Morgan fingerprint density at radius 2 is 1.83 bits per heavy atom. The van der Waals surface area contributed by atoms with Crippen LogP contribution in [-0.2, 0) is 17.8 Å². The lowest BCUT2D eigenvalue weighted by atomic mass is 10.1. The molecule has 1 unspecified atom stereocenters. The van der Waals surface area contributed by atoms with E-state index >= 15 is 0 Å². The smallest absolute Gasteiger partial charge is 0.275 e. The molecule has 2 aromatic carbocycles. The summed E-state index contributed by atoms with van der Waals surface area (Å²) < 4.78 is 0. The molecule has 0 aliphatic rings. The zero-order valence-corrected chi connectivity index (χ0v) is 15.3. The minimum absolute atomic E-state index is 0.0544. The van der Waals surface area contributed by atoms with Gasteiger partial charge in [-0.25, -0.2) is 0 Å². The van der Waals surface area contributed by atoms with Crippen molar-refractivity contribution < 1.29 is 9.69 Å². The van der Waals surface area contributed by atoms with Crippen LogP contribution in [0.3, 0.4) is 0 Å². The number of carbonyl (C=O) groups excluding carboxylic acids is 1. The standard InChI is InChI=1S/C19H22Cl2N2O/c1-23(13-16-10-5-11-17(20)19(16)21)14-18(24)22-12-6-9-15-7-3-2-4-8-15/h2-5,7-8,10-11H,6,9,12-14H2,1H3,(H,22,24)/p+1. The van der Waals surface area contributed by atoms with E-state index in [1.165, 1.54) is 5.56 Å². The predicted octanol–water partition coefficient (Wildman–Crippen LogP) is 2.76. The normalized spacial score (nSPS) is 12.0. The Balaban J connectivity index is 1.69. The van der Waals surface area contributed by atoms with E-state index < -0.39 is 0 Å². The van der Waals surface area contributed by atoms with Crippen molar-refractivity contribution in [1.29, 1.82) is 0 Å². The number of hydrogen-bond acceptors (Lipinski definition) is 1. The van der Waals surface area contributed by atoms with Crippen LogP contribution in [0.5, 0.6) is 0 Å². The molecule has 0 heterocycles. The number of benzene rings is 2. The molecule has 0 aromatic heterocycles. The first-order valence-corrected chi connectivity index (χ1v) is 8.86. The van der Waals surface area contributed by atoms with E-state index in [0.29, 0.717) is 29.7 Å². The largest absolute Gasteiger partial charge is 0.351 e. The highest BCUT2D eigenvalue weighted by atomic mass is 35.5. The number of rotatable bonds is 8. The van der Waals surface area contributed by atoms with Crippen molar-refractivity contribution in [3.05, 3.63) is 69.7 Å². The lowest BCUT2D eigenvalue weighted by Crippen LogP contribution is -3.08. The molecule has 0 fully saturated rings. The lowest BCUT2D eigenvalue weighted by molar-refractivity contribution is -0.885. The van der Waals surface area contributed by atoms with Gasteiger partial charge in [-0.3, -0.25) is 4.79 Å². The SMILES string of the molecule is C[NH+](CC(=O)NCCCc1ccccc1)Cc1cccc(Cl)c1Cl. The van der Waals surface area contributed by atoms with E-state index in [1.807, 2.05) is 37.4 Å². The van der Waals surface area contributed by atoms with E-state index in [0.717, 1.165) is 23.3 Å². The van der Waals surface area contributed by atoms with Gasteiger partial charge in [0, 0.05) is 12.1 Å². The summed E-state index contributed by atoms with van der Waals surface area (Å²) in [5, 5.41) is 4.10. The molecule has 1 amide bonds. The molecule has 0 bridgehead atoms. The van der Waals surface area contributed by atoms with E-state index in [-0.39, 0.29) is 5.91 Å². The maximum absolute atomic E-state index is 12.0. The number of carbonyl (C=O) groups is 1. The molecule has 24 heavy (non-hydrogen) atoms. The molecule has 0 aliphatic carbocycles. The quantitative estimate of drug-likeness (QED) is 0.692. The summed E-state index contributed by atoms with van der Waals surface area (Å²) in [4.78, 5) is 13.1. The Labute approximate surface area is 153 Å². The first-order valence-electron chi connectivity index (χ1n) is 8.11. The van der Waals surface area contributed by atoms with Crippen molar-refractivity contribution in [1.82, 2.24) is 5.32 Å². The van der Waals surface area contributed by atoms with Crippen LogP contribution in [0.25, 0.3) is 0 Å². The average Bonchev–Trinajstić information content (AvgIpc) is 2.57. The molecule has 0 saturated heterocycles. The van der Waals surface area contributed by atoms with Gasteiger partial charge in [0.15, 0.2) is 6.54 Å². The van der Waals surface area contributed by atoms with Gasteiger partial charge in [0.1, 0.15) is 6.54 Å². The van der Waals surface area contributed by atoms with Gasteiger partial charge in [0.05, 0.1) is 17.1 Å². The van der Waals surface area contributed by atoms with Gasteiger partial charge in [0.25, 0.3) is 5.91 Å². The Morgan fingerprint density at radius 1 is 1.08 bits per heavy atom. The molecule has 0 saturated carbocycles. The van der Waals surface area contributed by atoms with Crippen LogP contribution in [0.1, 0.15) is 17.5 Å². The van der Waals surface area contributed by atoms with Gasteiger partial charge in [-0.05, 0) is 24.5 Å². The maximum atomic E-state index is 12.0. The molecule has 2 rings (SSSR count). The van der Waals surface area contributed by atoms with Crippen LogP contribution in [0.4, 0.5) is 0 Å². The van der Waals surface area contributed by atoms with Crippen LogP contribution >= 0.6 is 23.2 Å². The fourth-order valence-corrected chi connectivity index (χ4v) is 2.96. The molecule has 2 N–H and O–H groups in total. The summed E-state index contributed by atoms with van der Waals surface area (Å²) in [6.45, 7) is 1.77. The molecule has 5 heteroatoms. The summed E-state index contributed by atoms with van der Waals surface area (Å²) in [6.07, 6.45) is 1.91. The minimum Gasteiger partial charge on any atom is -0.351 e. The van der Waals surface area contributed by atoms with Gasteiger partial charge < -0.3 is 10.2 Å². The van der Waals surface area contributed by atoms with Gasteiger partial charge >= 0.3 is 0 Å². The van der Waals surface area contributed by atoms with Crippen LogP contribution in [0, 0.1) is 0 Å².